The van der Waals surface area contributed by atoms with Gasteiger partial charge in [-0.05, 0) is 6.92 Å². The van der Waals surface area contributed by atoms with Crippen LogP contribution in [0.3, 0.4) is 0 Å². The highest BCUT2D eigenvalue weighted by atomic mass is 16.5. The van der Waals surface area contributed by atoms with Crippen LogP contribution in [0.2, 0.25) is 0 Å². The van der Waals surface area contributed by atoms with Crippen LogP contribution in [0.25, 0.3) is 11.3 Å². The van der Waals surface area contributed by atoms with E-state index in [9.17, 15) is 0 Å². The van der Waals surface area contributed by atoms with Gasteiger partial charge >= 0.3 is 0 Å². The maximum Gasteiger partial charge on any atom is 0.165 e. The number of aliphatic hydroxyl groups is 1. The molecule has 0 fully saturated rings. The molecule has 1 N–H and O–H groups in total. The molecule has 0 radical (unpaired) electrons. The lowest BCUT2D eigenvalue weighted by Crippen LogP contribution is -1.83. The van der Waals surface area contributed by atoms with Gasteiger partial charge in [0.25, 0.3) is 0 Å². The van der Waals surface area contributed by atoms with Crippen LogP contribution in [0.5, 0.6) is 0 Å². The first-order valence-corrected chi connectivity index (χ1v) is 4.44. The molecule has 3 heteroatoms. The van der Waals surface area contributed by atoms with Crippen LogP contribution < -0.4 is 0 Å². The molecule has 2 rings (SSSR count). The molecule has 3 nitrogen and oxygen atoms in total. The first-order chi connectivity index (χ1) is 6.83. The highest BCUT2D eigenvalue weighted by Crippen LogP contribution is 2.24. The fourth-order valence-corrected chi connectivity index (χ4v) is 1.38. The van der Waals surface area contributed by atoms with Gasteiger partial charge in [0.1, 0.15) is 12.3 Å². The highest BCUT2D eigenvalue weighted by Gasteiger charge is 2.11. The monoisotopic (exact) mass is 189 g/mol. The molecule has 1 heterocycles. The van der Waals surface area contributed by atoms with Crippen LogP contribution >= 0.6 is 0 Å². The summed E-state index contributed by atoms with van der Waals surface area (Å²) in [4.78, 5) is 0. The van der Waals surface area contributed by atoms with E-state index in [1.54, 1.807) is 0 Å². The van der Waals surface area contributed by atoms with Gasteiger partial charge in [0.2, 0.25) is 0 Å². The van der Waals surface area contributed by atoms with Crippen molar-refractivity contribution in [2.75, 3.05) is 0 Å². The van der Waals surface area contributed by atoms with Gasteiger partial charge in [-0.25, -0.2) is 0 Å². The topological polar surface area (TPSA) is 46.3 Å². The summed E-state index contributed by atoms with van der Waals surface area (Å²) < 4.78 is 5.00. The molecule has 0 spiro atoms. The predicted molar refractivity (Wildman–Crippen MR) is 52.6 cm³/mol. The second kappa shape index (κ2) is 3.64. The lowest BCUT2D eigenvalue weighted by molar-refractivity contribution is 0.228. The van der Waals surface area contributed by atoms with Gasteiger partial charge in [-0.2, -0.15) is 0 Å². The second-order valence-corrected chi connectivity index (χ2v) is 3.10. The SMILES string of the molecule is Cc1c(-c2ccccc2)noc1CO. The molecule has 0 atom stereocenters. The molecule has 1 aromatic carbocycles. The standard InChI is InChI=1S/C11H11NO2/c1-8-10(7-13)14-12-11(8)9-5-3-2-4-6-9/h2-6,13H,7H2,1H3. The fraction of sp³-hybridized carbons (Fsp3) is 0.182. The van der Waals surface area contributed by atoms with Gasteiger partial charge in [0, 0.05) is 11.1 Å². The van der Waals surface area contributed by atoms with E-state index in [0.717, 1.165) is 16.8 Å². The average Bonchev–Trinajstić information content (AvgIpc) is 2.61. The number of hydrogen-bond donors (Lipinski definition) is 1. The van der Waals surface area contributed by atoms with Gasteiger partial charge in [-0.3, -0.25) is 0 Å². The molecule has 0 aliphatic heterocycles. The van der Waals surface area contributed by atoms with Crippen LogP contribution in [0, 0.1) is 6.92 Å². The van der Waals surface area contributed by atoms with Crippen LogP contribution in [-0.2, 0) is 6.61 Å². The van der Waals surface area contributed by atoms with Gasteiger partial charge < -0.3 is 9.63 Å². The quantitative estimate of drug-likeness (QED) is 0.787. The normalized spacial score (nSPS) is 10.4. The second-order valence-electron chi connectivity index (χ2n) is 3.10. The Kier molecular flexibility index (Phi) is 2.33. The zero-order chi connectivity index (χ0) is 9.97. The number of rotatable bonds is 2. The molecule has 2 aromatic rings. The summed E-state index contributed by atoms with van der Waals surface area (Å²) in [5, 5.41) is 12.9. The zero-order valence-corrected chi connectivity index (χ0v) is 7.90. The Morgan fingerprint density at radius 1 is 1.29 bits per heavy atom. The minimum Gasteiger partial charge on any atom is -0.388 e. The lowest BCUT2D eigenvalue weighted by Gasteiger charge is -1.95. The number of aromatic nitrogens is 1. The van der Waals surface area contributed by atoms with Crippen molar-refractivity contribution in [3.8, 4) is 11.3 Å². The summed E-state index contributed by atoms with van der Waals surface area (Å²) >= 11 is 0. The molecule has 14 heavy (non-hydrogen) atoms. The van der Waals surface area contributed by atoms with Crippen molar-refractivity contribution in [2.45, 2.75) is 13.5 Å². The van der Waals surface area contributed by atoms with Crippen molar-refractivity contribution in [2.24, 2.45) is 0 Å². The van der Waals surface area contributed by atoms with Crippen molar-refractivity contribution >= 4 is 0 Å². The summed E-state index contributed by atoms with van der Waals surface area (Å²) in [6.07, 6.45) is 0. The fourth-order valence-electron chi connectivity index (χ4n) is 1.38. The number of benzene rings is 1. The summed E-state index contributed by atoms with van der Waals surface area (Å²) in [6.45, 7) is 1.79. The van der Waals surface area contributed by atoms with E-state index >= 15 is 0 Å². The Hall–Kier alpha value is -1.61. The van der Waals surface area contributed by atoms with Crippen molar-refractivity contribution in [1.82, 2.24) is 5.16 Å². The third-order valence-electron chi connectivity index (χ3n) is 2.21. The molecule has 0 saturated heterocycles. The summed E-state index contributed by atoms with van der Waals surface area (Å²) in [5.41, 5.74) is 2.71. The minimum absolute atomic E-state index is 0.105. The number of nitrogens with zero attached hydrogens (tertiary/aromatic N) is 1. The molecule has 0 aliphatic carbocycles. The predicted octanol–water partition coefficient (Wildman–Crippen LogP) is 2.14. The van der Waals surface area contributed by atoms with E-state index in [-0.39, 0.29) is 6.61 Å². The van der Waals surface area contributed by atoms with Crippen molar-refractivity contribution in [3.63, 3.8) is 0 Å². The lowest BCUT2D eigenvalue weighted by atomic mass is 10.1. The van der Waals surface area contributed by atoms with Crippen LogP contribution in [0.15, 0.2) is 34.9 Å². The van der Waals surface area contributed by atoms with Crippen molar-refractivity contribution < 1.29 is 9.63 Å². The average molecular weight is 189 g/mol. The van der Waals surface area contributed by atoms with E-state index in [1.807, 2.05) is 37.3 Å². The van der Waals surface area contributed by atoms with E-state index in [2.05, 4.69) is 5.16 Å². The zero-order valence-electron chi connectivity index (χ0n) is 7.90. The summed E-state index contributed by atoms with van der Waals surface area (Å²) in [7, 11) is 0. The van der Waals surface area contributed by atoms with Gasteiger partial charge in [0.15, 0.2) is 5.76 Å². The molecule has 0 amide bonds. The van der Waals surface area contributed by atoms with E-state index < -0.39 is 0 Å². The molecule has 0 saturated carbocycles. The van der Waals surface area contributed by atoms with E-state index in [0.29, 0.717) is 5.76 Å². The Balaban J connectivity index is 2.48. The maximum absolute atomic E-state index is 8.94. The van der Waals surface area contributed by atoms with E-state index in [1.165, 1.54) is 0 Å². The Morgan fingerprint density at radius 3 is 2.57 bits per heavy atom. The molecule has 0 aliphatic rings. The Labute approximate surface area is 82.0 Å². The maximum atomic E-state index is 8.94. The third-order valence-corrected chi connectivity index (χ3v) is 2.21. The molecule has 0 unspecified atom stereocenters. The van der Waals surface area contributed by atoms with Crippen molar-refractivity contribution in [1.29, 1.82) is 0 Å². The van der Waals surface area contributed by atoms with Crippen LogP contribution in [0.1, 0.15) is 11.3 Å². The first kappa shape index (κ1) is 8.97. The highest BCUT2D eigenvalue weighted by molar-refractivity contribution is 5.62. The largest absolute Gasteiger partial charge is 0.388 e. The molecule has 1 aromatic heterocycles. The van der Waals surface area contributed by atoms with Crippen molar-refractivity contribution in [3.05, 3.63) is 41.7 Å². The molecule has 0 bridgehead atoms. The smallest absolute Gasteiger partial charge is 0.165 e. The Morgan fingerprint density at radius 2 is 2.00 bits per heavy atom. The van der Waals surface area contributed by atoms with Gasteiger partial charge in [0.05, 0.1) is 0 Å². The van der Waals surface area contributed by atoms with E-state index in [4.69, 9.17) is 9.63 Å². The minimum atomic E-state index is -0.105. The molecule has 72 valence electrons. The summed E-state index contributed by atoms with van der Waals surface area (Å²) in [6, 6.07) is 9.77. The summed E-state index contributed by atoms with van der Waals surface area (Å²) in [5.74, 6) is 0.531. The Bertz CT molecular complexity index is 420. The van der Waals surface area contributed by atoms with Gasteiger partial charge in [-0.15, -0.1) is 0 Å². The first-order valence-electron chi connectivity index (χ1n) is 4.44. The van der Waals surface area contributed by atoms with Crippen LogP contribution in [0.4, 0.5) is 0 Å². The molecular formula is C11H11NO2. The third kappa shape index (κ3) is 1.42. The molecular weight excluding hydrogens is 178 g/mol. The number of hydrogen-bond acceptors (Lipinski definition) is 3. The van der Waals surface area contributed by atoms with Gasteiger partial charge in [-0.1, -0.05) is 35.5 Å². The van der Waals surface area contributed by atoms with Crippen LogP contribution in [-0.4, -0.2) is 10.3 Å². The number of aliphatic hydroxyl groups excluding tert-OH is 1.